The van der Waals surface area contributed by atoms with Crippen molar-refractivity contribution in [3.8, 4) is 34.5 Å². The van der Waals surface area contributed by atoms with E-state index in [2.05, 4.69) is 0 Å². The van der Waals surface area contributed by atoms with Gasteiger partial charge in [0.1, 0.15) is 5.60 Å². The molecule has 4 bridgehead atoms. The number of benzene rings is 2. The number of aromatic hydroxyl groups is 2. The van der Waals surface area contributed by atoms with Gasteiger partial charge in [0.25, 0.3) is 0 Å². The molecular weight excluding hydrogens is 392 g/mol. The van der Waals surface area contributed by atoms with Crippen molar-refractivity contribution >= 4 is 0 Å². The van der Waals surface area contributed by atoms with Gasteiger partial charge in [0.05, 0.1) is 47.8 Å². The molecule has 2 aromatic carbocycles. The molecule has 8 nitrogen and oxygen atoms in total. The Kier molecular flexibility index (Phi) is 4.20. The topological polar surface area (TPSA) is 95.8 Å². The zero-order chi connectivity index (χ0) is 21.2. The summed E-state index contributed by atoms with van der Waals surface area (Å²) in [6, 6.07) is 5.28. The normalized spacial score (nSPS) is 28.2. The zero-order valence-corrected chi connectivity index (χ0v) is 17.2. The molecule has 2 fully saturated rings. The van der Waals surface area contributed by atoms with Crippen LogP contribution in [0.1, 0.15) is 22.8 Å². The maximum Gasteiger partial charge on any atom is 0.201 e. The highest BCUT2D eigenvalue weighted by Crippen LogP contribution is 2.66. The Hall–Kier alpha value is -2.84. The van der Waals surface area contributed by atoms with Crippen LogP contribution in [0.3, 0.4) is 0 Å². The third kappa shape index (κ3) is 2.18. The minimum atomic E-state index is -0.962. The van der Waals surface area contributed by atoms with E-state index in [1.54, 1.807) is 18.2 Å². The van der Waals surface area contributed by atoms with Gasteiger partial charge in [-0.2, -0.15) is 0 Å². The molecular formula is C22H24O8. The Morgan fingerprint density at radius 1 is 0.867 bits per heavy atom. The van der Waals surface area contributed by atoms with Crippen molar-refractivity contribution in [1.82, 2.24) is 0 Å². The molecule has 3 aliphatic rings. The van der Waals surface area contributed by atoms with Crippen LogP contribution in [0.25, 0.3) is 0 Å². The number of methoxy groups -OCH3 is 4. The Balaban J connectivity index is 1.86. The first-order chi connectivity index (χ1) is 14.5. The minimum absolute atomic E-state index is 0.00403. The molecule has 2 saturated heterocycles. The molecule has 8 heteroatoms. The lowest BCUT2D eigenvalue weighted by Crippen LogP contribution is -2.39. The third-order valence-electron chi connectivity index (χ3n) is 6.65. The lowest BCUT2D eigenvalue weighted by molar-refractivity contribution is -0.0142. The molecule has 2 aliphatic heterocycles. The Bertz CT molecular complexity index is 994. The SMILES string of the molecule is COc1cc([C@@]23OC[C@@H]4[C@@H](OC[C@@H]42)c2cc(OC)c(O)c(OC)c23)cc(OC)c1O. The monoisotopic (exact) mass is 416 g/mol. The van der Waals surface area contributed by atoms with Gasteiger partial charge in [0, 0.05) is 17.4 Å². The van der Waals surface area contributed by atoms with Gasteiger partial charge in [0.2, 0.25) is 11.5 Å². The van der Waals surface area contributed by atoms with Gasteiger partial charge in [-0.25, -0.2) is 0 Å². The summed E-state index contributed by atoms with van der Waals surface area (Å²) < 4.78 is 34.5. The van der Waals surface area contributed by atoms with E-state index in [0.29, 0.717) is 24.5 Å². The first kappa shape index (κ1) is 19.1. The second-order valence-corrected chi connectivity index (χ2v) is 7.73. The summed E-state index contributed by atoms with van der Waals surface area (Å²) in [7, 11) is 5.97. The van der Waals surface area contributed by atoms with Crippen molar-refractivity contribution in [1.29, 1.82) is 0 Å². The van der Waals surface area contributed by atoms with Crippen LogP contribution >= 0.6 is 0 Å². The molecule has 5 rings (SSSR count). The van der Waals surface area contributed by atoms with Crippen LogP contribution in [0.15, 0.2) is 18.2 Å². The summed E-state index contributed by atoms with van der Waals surface area (Å²) >= 11 is 0. The Labute approximate surface area is 173 Å². The molecule has 2 aromatic rings. The van der Waals surface area contributed by atoms with Gasteiger partial charge < -0.3 is 38.6 Å². The molecule has 2 N–H and O–H groups in total. The molecule has 1 aliphatic carbocycles. The van der Waals surface area contributed by atoms with Gasteiger partial charge in [0.15, 0.2) is 23.0 Å². The maximum absolute atomic E-state index is 10.8. The van der Waals surface area contributed by atoms with Crippen molar-refractivity contribution in [2.45, 2.75) is 11.7 Å². The zero-order valence-electron chi connectivity index (χ0n) is 17.2. The van der Waals surface area contributed by atoms with E-state index in [4.69, 9.17) is 28.4 Å². The van der Waals surface area contributed by atoms with Crippen LogP contribution in [0.4, 0.5) is 0 Å². The van der Waals surface area contributed by atoms with Gasteiger partial charge >= 0.3 is 0 Å². The number of fused-ring (bicyclic) bond motifs is 3. The van der Waals surface area contributed by atoms with Gasteiger partial charge in [-0.05, 0) is 29.3 Å². The number of hydrogen-bond donors (Lipinski definition) is 2. The molecule has 0 unspecified atom stereocenters. The predicted octanol–water partition coefficient (Wildman–Crippen LogP) is 2.72. The van der Waals surface area contributed by atoms with Crippen molar-refractivity contribution < 1.29 is 38.6 Å². The fourth-order valence-electron chi connectivity index (χ4n) is 5.36. The molecule has 4 atom stereocenters. The predicted molar refractivity (Wildman–Crippen MR) is 105 cm³/mol. The Morgan fingerprint density at radius 2 is 1.50 bits per heavy atom. The number of ether oxygens (including phenoxy) is 6. The third-order valence-corrected chi connectivity index (χ3v) is 6.65. The minimum Gasteiger partial charge on any atom is -0.502 e. The standard InChI is InChI=1S/C22H24O8/c1-25-14-5-10(6-15(26-2)18(14)23)22-13-9-29-20(12(13)8-30-22)11-7-16(27-3)19(24)21(28-4)17(11)22/h5-7,12-13,20,23-24H,8-9H2,1-4H3/t12-,13-,20-,22+/m0/s1. The summed E-state index contributed by atoms with van der Waals surface area (Å²) in [6.45, 7) is 0.976. The van der Waals surface area contributed by atoms with Gasteiger partial charge in [-0.15, -0.1) is 0 Å². The summed E-state index contributed by atoms with van der Waals surface area (Å²) in [5, 5.41) is 21.3. The molecule has 0 spiro atoms. The second kappa shape index (κ2) is 6.58. The van der Waals surface area contributed by atoms with E-state index in [9.17, 15) is 10.2 Å². The molecule has 160 valence electrons. The average molecular weight is 416 g/mol. The van der Waals surface area contributed by atoms with E-state index in [-0.39, 0.29) is 46.7 Å². The van der Waals surface area contributed by atoms with E-state index in [0.717, 1.165) is 11.1 Å². The Morgan fingerprint density at radius 3 is 2.10 bits per heavy atom. The largest absolute Gasteiger partial charge is 0.502 e. The van der Waals surface area contributed by atoms with Crippen LogP contribution in [0.2, 0.25) is 0 Å². The molecule has 0 amide bonds. The highest BCUT2D eigenvalue weighted by Gasteiger charge is 2.64. The highest BCUT2D eigenvalue weighted by atomic mass is 16.5. The summed E-state index contributed by atoms with van der Waals surface area (Å²) in [5.41, 5.74) is 1.34. The van der Waals surface area contributed by atoms with Crippen LogP contribution < -0.4 is 18.9 Å². The fourth-order valence-corrected chi connectivity index (χ4v) is 5.36. The molecule has 0 aromatic heterocycles. The van der Waals surface area contributed by atoms with E-state index in [1.807, 2.05) is 0 Å². The van der Waals surface area contributed by atoms with Crippen molar-refractivity contribution in [3.63, 3.8) is 0 Å². The van der Waals surface area contributed by atoms with Crippen LogP contribution in [-0.4, -0.2) is 51.9 Å². The highest BCUT2D eigenvalue weighted by molar-refractivity contribution is 5.66. The van der Waals surface area contributed by atoms with Gasteiger partial charge in [-0.3, -0.25) is 0 Å². The summed E-state index contributed by atoms with van der Waals surface area (Å²) in [6.07, 6.45) is -0.176. The molecule has 30 heavy (non-hydrogen) atoms. The van der Waals surface area contributed by atoms with Crippen molar-refractivity contribution in [2.24, 2.45) is 11.8 Å². The lowest BCUT2D eigenvalue weighted by Gasteiger charge is -2.39. The number of phenolic OH excluding ortho intramolecular Hbond substituents is 2. The van der Waals surface area contributed by atoms with Crippen molar-refractivity contribution in [2.75, 3.05) is 41.7 Å². The number of phenols is 2. The quantitative estimate of drug-likeness (QED) is 0.768. The maximum atomic E-state index is 10.8. The average Bonchev–Trinajstić information content (AvgIpc) is 3.27. The van der Waals surface area contributed by atoms with Crippen molar-refractivity contribution in [3.05, 3.63) is 34.9 Å². The fraction of sp³-hybridized carbons (Fsp3) is 0.455. The molecule has 0 radical (unpaired) electrons. The van der Waals surface area contributed by atoms with Gasteiger partial charge in [-0.1, -0.05) is 0 Å². The first-order valence-electron chi connectivity index (χ1n) is 9.71. The smallest absolute Gasteiger partial charge is 0.201 e. The molecule has 0 saturated carbocycles. The summed E-state index contributed by atoms with van der Waals surface area (Å²) in [5.74, 6) is 1.10. The van der Waals surface area contributed by atoms with Crippen LogP contribution in [0.5, 0.6) is 34.5 Å². The molecule has 2 heterocycles. The number of hydrogen-bond acceptors (Lipinski definition) is 8. The van der Waals surface area contributed by atoms with E-state index < -0.39 is 5.60 Å². The van der Waals surface area contributed by atoms with Crippen LogP contribution in [0, 0.1) is 11.8 Å². The number of rotatable bonds is 5. The lowest BCUT2D eigenvalue weighted by atomic mass is 9.65. The van der Waals surface area contributed by atoms with Crippen LogP contribution in [-0.2, 0) is 15.1 Å². The van der Waals surface area contributed by atoms with E-state index in [1.165, 1.54) is 28.4 Å². The summed E-state index contributed by atoms with van der Waals surface area (Å²) in [4.78, 5) is 0. The second-order valence-electron chi connectivity index (χ2n) is 7.73. The van der Waals surface area contributed by atoms with E-state index >= 15 is 0 Å². The first-order valence-corrected chi connectivity index (χ1v) is 9.71.